The van der Waals surface area contributed by atoms with Gasteiger partial charge in [-0.2, -0.15) is 0 Å². The number of rotatable bonds is 6. The number of hydrogen-bond acceptors (Lipinski definition) is 3. The van der Waals surface area contributed by atoms with Crippen LogP contribution in [0.4, 0.5) is 0 Å². The number of benzene rings is 1. The monoisotopic (exact) mass is 438 g/mol. The van der Waals surface area contributed by atoms with Crippen molar-refractivity contribution in [3.8, 4) is 0 Å². The third kappa shape index (κ3) is 5.03. The molecule has 166 valence electrons. The van der Waals surface area contributed by atoms with Crippen LogP contribution < -0.4 is 0 Å². The van der Waals surface area contributed by atoms with Crippen LogP contribution in [-0.4, -0.2) is 41.2 Å². The molecule has 0 spiro atoms. The minimum Gasteiger partial charge on any atom is -0.333 e. The van der Waals surface area contributed by atoms with Crippen molar-refractivity contribution in [1.82, 2.24) is 9.80 Å². The third-order valence-corrected chi connectivity index (χ3v) is 7.58. The van der Waals surface area contributed by atoms with Gasteiger partial charge < -0.3 is 9.80 Å². The van der Waals surface area contributed by atoms with Crippen molar-refractivity contribution < 1.29 is 9.59 Å². The summed E-state index contributed by atoms with van der Waals surface area (Å²) in [5.41, 5.74) is 2.38. The molecule has 0 bridgehead atoms. The highest BCUT2D eigenvalue weighted by molar-refractivity contribution is 7.10. The number of carbonyl (C=O) groups excluding carboxylic acids is 2. The fraction of sp³-hybridized carbons (Fsp3) is 0.538. The number of nitrogens with zero attached hydrogens (tertiary/aromatic N) is 2. The second-order valence-electron chi connectivity index (χ2n) is 9.40. The Morgan fingerprint density at radius 3 is 2.55 bits per heavy atom. The van der Waals surface area contributed by atoms with Gasteiger partial charge in [0.05, 0.1) is 12.6 Å². The Labute approximate surface area is 190 Å². The van der Waals surface area contributed by atoms with E-state index in [9.17, 15) is 9.59 Å². The molecule has 2 aliphatic rings. The molecule has 4 rings (SSSR count). The molecule has 1 aromatic heterocycles. The van der Waals surface area contributed by atoms with E-state index in [2.05, 4.69) is 37.4 Å². The number of thiophene rings is 1. The van der Waals surface area contributed by atoms with E-state index in [0.717, 1.165) is 37.7 Å². The summed E-state index contributed by atoms with van der Waals surface area (Å²) in [7, 11) is 0. The van der Waals surface area contributed by atoms with Gasteiger partial charge >= 0.3 is 0 Å². The average Bonchev–Trinajstić information content (AvgIpc) is 3.27. The van der Waals surface area contributed by atoms with E-state index in [1.165, 1.54) is 16.9 Å². The summed E-state index contributed by atoms with van der Waals surface area (Å²) in [6.45, 7) is 5.79. The van der Waals surface area contributed by atoms with Gasteiger partial charge in [0.25, 0.3) is 0 Å². The van der Waals surface area contributed by atoms with Crippen LogP contribution in [0.15, 0.2) is 41.8 Å². The van der Waals surface area contributed by atoms with E-state index >= 15 is 0 Å². The van der Waals surface area contributed by atoms with Crippen molar-refractivity contribution >= 4 is 23.2 Å². The Bertz CT molecular complexity index is 886. The first-order chi connectivity index (χ1) is 15.0. The highest BCUT2D eigenvalue weighted by atomic mass is 32.1. The Balaban J connectivity index is 1.56. The molecule has 0 saturated heterocycles. The number of amides is 2. The second-order valence-corrected chi connectivity index (χ2v) is 10.4. The van der Waals surface area contributed by atoms with Gasteiger partial charge in [-0.05, 0) is 47.8 Å². The van der Waals surface area contributed by atoms with Gasteiger partial charge in [-0.25, -0.2) is 0 Å². The van der Waals surface area contributed by atoms with Gasteiger partial charge in [-0.1, -0.05) is 63.4 Å². The van der Waals surface area contributed by atoms with Crippen LogP contribution in [0.2, 0.25) is 0 Å². The van der Waals surface area contributed by atoms with Crippen LogP contribution >= 0.6 is 11.3 Å². The number of carbonyl (C=O) groups is 2. The molecular weight excluding hydrogens is 404 g/mol. The minimum atomic E-state index is -0.0608. The summed E-state index contributed by atoms with van der Waals surface area (Å²) >= 11 is 1.78. The van der Waals surface area contributed by atoms with Crippen LogP contribution in [0.5, 0.6) is 0 Å². The summed E-state index contributed by atoms with van der Waals surface area (Å²) in [4.78, 5) is 32.2. The van der Waals surface area contributed by atoms with Gasteiger partial charge in [-0.3, -0.25) is 9.59 Å². The Morgan fingerprint density at radius 1 is 1.10 bits per heavy atom. The van der Waals surface area contributed by atoms with Gasteiger partial charge in [0.1, 0.15) is 0 Å². The van der Waals surface area contributed by atoms with Crippen LogP contribution in [0.25, 0.3) is 0 Å². The van der Waals surface area contributed by atoms with Crippen molar-refractivity contribution in [1.29, 1.82) is 0 Å². The molecule has 1 aliphatic carbocycles. The fourth-order valence-corrected chi connectivity index (χ4v) is 6.02. The highest BCUT2D eigenvalue weighted by Crippen LogP contribution is 2.38. The molecule has 1 fully saturated rings. The summed E-state index contributed by atoms with van der Waals surface area (Å²) in [5.74, 6) is 0.687. The minimum absolute atomic E-state index is 0.0608. The van der Waals surface area contributed by atoms with Gasteiger partial charge in [-0.15, -0.1) is 11.3 Å². The summed E-state index contributed by atoms with van der Waals surface area (Å²) < 4.78 is 0. The van der Waals surface area contributed by atoms with Crippen molar-refractivity contribution in [2.75, 3.05) is 19.6 Å². The zero-order chi connectivity index (χ0) is 21.8. The van der Waals surface area contributed by atoms with E-state index in [1.807, 2.05) is 28.0 Å². The SMILES string of the molecule is CC(C)CN(CC(=O)N1CCc2sccc2C1c1ccccc1)C(=O)C1CCCCC1. The normalized spacial score (nSPS) is 19.3. The maximum Gasteiger partial charge on any atom is 0.242 e. The van der Waals surface area contributed by atoms with Gasteiger partial charge in [0.15, 0.2) is 0 Å². The lowest BCUT2D eigenvalue weighted by molar-refractivity contribution is -0.145. The van der Waals surface area contributed by atoms with E-state index < -0.39 is 0 Å². The zero-order valence-corrected chi connectivity index (χ0v) is 19.6. The third-order valence-electron chi connectivity index (χ3n) is 6.58. The van der Waals surface area contributed by atoms with Crippen LogP contribution in [-0.2, 0) is 16.0 Å². The van der Waals surface area contributed by atoms with Gasteiger partial charge in [0.2, 0.25) is 11.8 Å². The van der Waals surface area contributed by atoms with Crippen molar-refractivity contribution in [3.63, 3.8) is 0 Å². The van der Waals surface area contributed by atoms with E-state index in [1.54, 1.807) is 11.3 Å². The van der Waals surface area contributed by atoms with E-state index in [-0.39, 0.29) is 30.3 Å². The standard InChI is InChI=1S/C26H34N2O2S/c1-19(2)17-27(26(30)21-11-7-4-8-12-21)18-24(29)28-15-13-23-22(14-16-31-23)25(28)20-9-5-3-6-10-20/h3,5-6,9-10,14,16,19,21,25H,4,7-8,11-13,15,17-18H2,1-2H3. The highest BCUT2D eigenvalue weighted by Gasteiger charge is 2.35. The average molecular weight is 439 g/mol. The molecule has 2 amide bonds. The summed E-state index contributed by atoms with van der Waals surface area (Å²) in [5, 5.41) is 2.13. The quantitative estimate of drug-likeness (QED) is 0.615. The zero-order valence-electron chi connectivity index (χ0n) is 18.8. The molecule has 1 aromatic carbocycles. The van der Waals surface area contributed by atoms with Crippen LogP contribution in [0, 0.1) is 11.8 Å². The van der Waals surface area contributed by atoms with E-state index in [4.69, 9.17) is 0 Å². The van der Waals surface area contributed by atoms with Crippen molar-refractivity contribution in [3.05, 3.63) is 57.8 Å². The molecule has 1 atom stereocenters. The molecule has 0 N–H and O–H groups in total. The molecule has 31 heavy (non-hydrogen) atoms. The molecule has 0 radical (unpaired) electrons. The van der Waals surface area contributed by atoms with Crippen LogP contribution in [0.1, 0.15) is 68.0 Å². The first kappa shape index (κ1) is 22.1. The molecule has 5 heteroatoms. The first-order valence-corrected chi connectivity index (χ1v) is 12.6. The maximum atomic E-state index is 13.6. The molecule has 1 unspecified atom stereocenters. The second kappa shape index (κ2) is 9.99. The summed E-state index contributed by atoms with van der Waals surface area (Å²) in [6.07, 6.45) is 6.31. The topological polar surface area (TPSA) is 40.6 Å². The maximum absolute atomic E-state index is 13.6. The Morgan fingerprint density at radius 2 is 1.84 bits per heavy atom. The molecule has 4 nitrogen and oxygen atoms in total. The van der Waals surface area contributed by atoms with Crippen molar-refractivity contribution in [2.45, 2.75) is 58.4 Å². The summed E-state index contributed by atoms with van der Waals surface area (Å²) in [6, 6.07) is 12.4. The lowest BCUT2D eigenvalue weighted by Gasteiger charge is -2.38. The molecule has 2 heterocycles. The largest absolute Gasteiger partial charge is 0.333 e. The fourth-order valence-electron chi connectivity index (χ4n) is 5.11. The predicted molar refractivity (Wildman–Crippen MR) is 126 cm³/mol. The molecule has 1 saturated carbocycles. The lowest BCUT2D eigenvalue weighted by atomic mass is 9.88. The first-order valence-electron chi connectivity index (χ1n) is 11.7. The Hall–Kier alpha value is -2.14. The lowest BCUT2D eigenvalue weighted by Crippen LogP contribution is -2.49. The smallest absolute Gasteiger partial charge is 0.242 e. The molecule has 1 aliphatic heterocycles. The Kier molecular flexibility index (Phi) is 7.11. The molecule has 2 aromatic rings. The van der Waals surface area contributed by atoms with E-state index in [0.29, 0.717) is 19.0 Å². The van der Waals surface area contributed by atoms with Gasteiger partial charge in [0, 0.05) is 23.9 Å². The number of fused-ring (bicyclic) bond motifs is 1. The molecular formula is C26H34N2O2S. The number of hydrogen-bond donors (Lipinski definition) is 0. The van der Waals surface area contributed by atoms with Crippen molar-refractivity contribution in [2.24, 2.45) is 11.8 Å². The van der Waals surface area contributed by atoms with Crippen LogP contribution in [0.3, 0.4) is 0 Å². The predicted octanol–water partition coefficient (Wildman–Crippen LogP) is 5.29.